The molecule has 0 saturated carbocycles. The summed E-state index contributed by atoms with van der Waals surface area (Å²) in [6, 6.07) is 10.0. The molecule has 1 saturated heterocycles. The van der Waals surface area contributed by atoms with Crippen molar-refractivity contribution in [3.05, 3.63) is 52.4 Å². The van der Waals surface area contributed by atoms with Gasteiger partial charge in [-0.3, -0.25) is 4.79 Å². The molecule has 3 aromatic rings. The molecule has 1 aliphatic rings. The topological polar surface area (TPSA) is 56.6 Å². The van der Waals surface area contributed by atoms with E-state index in [2.05, 4.69) is 51.1 Å². The summed E-state index contributed by atoms with van der Waals surface area (Å²) < 4.78 is 1.40. The Hall–Kier alpha value is -2.60. The predicted octanol–water partition coefficient (Wildman–Crippen LogP) is 2.14. The monoisotopic (exact) mass is 337 g/mol. The van der Waals surface area contributed by atoms with Gasteiger partial charge in [-0.15, -0.1) is 0 Å². The number of aryl methyl sites for hydroxylation is 1. The minimum atomic E-state index is -0.114. The summed E-state index contributed by atoms with van der Waals surface area (Å²) in [5.74, 6) is 0. The molecule has 0 amide bonds. The molecule has 25 heavy (non-hydrogen) atoms. The van der Waals surface area contributed by atoms with Crippen LogP contribution in [0.3, 0.4) is 0 Å². The van der Waals surface area contributed by atoms with Crippen LogP contribution in [0.25, 0.3) is 16.9 Å². The van der Waals surface area contributed by atoms with Gasteiger partial charge < -0.3 is 14.8 Å². The first-order chi connectivity index (χ1) is 12.2. The molecule has 3 heterocycles. The Balaban J connectivity index is 1.60. The number of hydrogen-bond donors (Lipinski definition) is 1. The average molecular weight is 337 g/mol. The van der Waals surface area contributed by atoms with Gasteiger partial charge >= 0.3 is 0 Å². The number of likely N-dealkylation sites (N-methyl/N-ethyl adjacent to an activating group) is 1. The second-order valence-corrected chi connectivity index (χ2v) is 6.58. The number of nitrogens with zero attached hydrogens (tertiary/aromatic N) is 4. The van der Waals surface area contributed by atoms with Crippen molar-refractivity contribution >= 4 is 11.3 Å². The first-order valence-electron chi connectivity index (χ1n) is 8.81. The summed E-state index contributed by atoms with van der Waals surface area (Å²) in [7, 11) is 0. The van der Waals surface area contributed by atoms with Gasteiger partial charge in [-0.2, -0.15) is 9.61 Å². The maximum absolute atomic E-state index is 12.2. The molecule has 0 unspecified atom stereocenters. The number of benzene rings is 1. The van der Waals surface area contributed by atoms with Gasteiger partial charge in [0, 0.05) is 43.5 Å². The Morgan fingerprint density at radius 1 is 1.12 bits per heavy atom. The highest BCUT2D eigenvalue weighted by molar-refractivity contribution is 5.65. The van der Waals surface area contributed by atoms with E-state index < -0.39 is 0 Å². The molecule has 0 bridgehead atoms. The second kappa shape index (κ2) is 6.37. The zero-order valence-corrected chi connectivity index (χ0v) is 14.7. The van der Waals surface area contributed by atoms with Gasteiger partial charge in [0.15, 0.2) is 0 Å². The second-order valence-electron chi connectivity index (χ2n) is 6.58. The highest BCUT2D eigenvalue weighted by Gasteiger charge is 2.16. The van der Waals surface area contributed by atoms with Crippen molar-refractivity contribution in [3.8, 4) is 11.3 Å². The van der Waals surface area contributed by atoms with Crippen molar-refractivity contribution in [2.75, 3.05) is 37.6 Å². The number of fused-ring (bicyclic) bond motifs is 1. The lowest BCUT2D eigenvalue weighted by Gasteiger charge is -2.35. The first kappa shape index (κ1) is 15.9. The molecule has 0 atom stereocenters. The summed E-state index contributed by atoms with van der Waals surface area (Å²) in [5.41, 5.74) is 4.67. The maximum atomic E-state index is 12.2. The van der Waals surface area contributed by atoms with Gasteiger partial charge in [0.1, 0.15) is 5.65 Å². The predicted molar refractivity (Wildman–Crippen MR) is 100 cm³/mol. The van der Waals surface area contributed by atoms with E-state index in [0.29, 0.717) is 0 Å². The van der Waals surface area contributed by atoms with Crippen LogP contribution in [0, 0.1) is 6.92 Å². The number of aromatic nitrogens is 3. The number of H-pyrrole nitrogens is 1. The molecular weight excluding hydrogens is 314 g/mol. The van der Waals surface area contributed by atoms with Gasteiger partial charge in [-0.1, -0.05) is 19.1 Å². The fourth-order valence-corrected chi connectivity index (χ4v) is 3.43. The fraction of sp³-hybridized carbons (Fsp3) is 0.368. The lowest BCUT2D eigenvalue weighted by molar-refractivity contribution is 0.271. The van der Waals surface area contributed by atoms with Gasteiger partial charge in [0.05, 0.1) is 11.9 Å². The molecule has 6 heteroatoms. The molecule has 4 rings (SSSR count). The van der Waals surface area contributed by atoms with Crippen molar-refractivity contribution in [1.82, 2.24) is 19.5 Å². The Bertz CT molecular complexity index is 933. The normalized spacial score (nSPS) is 15.8. The van der Waals surface area contributed by atoms with Crippen LogP contribution >= 0.6 is 0 Å². The minimum absolute atomic E-state index is 0.114. The lowest BCUT2D eigenvalue weighted by Crippen LogP contribution is -2.46. The van der Waals surface area contributed by atoms with Crippen LogP contribution in [0.5, 0.6) is 0 Å². The van der Waals surface area contributed by atoms with Crippen LogP contribution in [0.4, 0.5) is 5.69 Å². The van der Waals surface area contributed by atoms with Crippen LogP contribution in [0.2, 0.25) is 0 Å². The number of nitrogens with one attached hydrogen (secondary N) is 1. The van der Waals surface area contributed by atoms with E-state index in [1.54, 1.807) is 12.3 Å². The quantitative estimate of drug-likeness (QED) is 0.796. The molecule has 0 aliphatic carbocycles. The van der Waals surface area contributed by atoms with Crippen LogP contribution in [-0.4, -0.2) is 52.2 Å². The SMILES string of the molecule is CCN1CCN(c2ccc(-c3cc(=O)n4ncc(C)c4[nH]3)cc2)CC1. The van der Waals surface area contributed by atoms with E-state index >= 15 is 0 Å². The van der Waals surface area contributed by atoms with Crippen LogP contribution in [-0.2, 0) is 0 Å². The number of hydrogen-bond acceptors (Lipinski definition) is 4. The smallest absolute Gasteiger partial charge is 0.274 e. The number of aromatic amines is 1. The molecule has 0 radical (unpaired) electrons. The molecule has 130 valence electrons. The Kier molecular flexibility index (Phi) is 4.05. The third-order valence-electron chi connectivity index (χ3n) is 5.04. The average Bonchev–Trinajstić information content (AvgIpc) is 3.04. The third kappa shape index (κ3) is 2.93. The summed E-state index contributed by atoms with van der Waals surface area (Å²) in [5, 5.41) is 4.10. The first-order valence-corrected chi connectivity index (χ1v) is 8.81. The summed E-state index contributed by atoms with van der Waals surface area (Å²) in [4.78, 5) is 20.4. The highest BCUT2D eigenvalue weighted by Crippen LogP contribution is 2.23. The van der Waals surface area contributed by atoms with Gasteiger partial charge in [-0.25, -0.2) is 0 Å². The summed E-state index contributed by atoms with van der Waals surface area (Å²) in [6.07, 6.45) is 1.70. The summed E-state index contributed by atoms with van der Waals surface area (Å²) in [6.45, 7) is 9.63. The molecule has 2 aromatic heterocycles. The zero-order chi connectivity index (χ0) is 17.4. The Morgan fingerprint density at radius 2 is 1.84 bits per heavy atom. The van der Waals surface area contributed by atoms with Gasteiger partial charge in [-0.05, 0) is 31.2 Å². The van der Waals surface area contributed by atoms with Gasteiger partial charge in [0.2, 0.25) is 0 Å². The van der Waals surface area contributed by atoms with E-state index in [1.165, 1.54) is 10.2 Å². The molecule has 1 fully saturated rings. The molecular formula is C19H23N5O. The van der Waals surface area contributed by atoms with Crippen LogP contribution in [0.15, 0.2) is 41.3 Å². The van der Waals surface area contributed by atoms with E-state index in [0.717, 1.165) is 55.2 Å². The number of piperazine rings is 1. The largest absolute Gasteiger partial charge is 0.369 e. The third-order valence-corrected chi connectivity index (χ3v) is 5.04. The number of rotatable bonds is 3. The lowest BCUT2D eigenvalue weighted by atomic mass is 10.1. The van der Waals surface area contributed by atoms with Crippen LogP contribution in [0.1, 0.15) is 12.5 Å². The van der Waals surface area contributed by atoms with Crippen molar-refractivity contribution in [2.45, 2.75) is 13.8 Å². The van der Waals surface area contributed by atoms with Gasteiger partial charge in [0.25, 0.3) is 5.56 Å². The van der Waals surface area contributed by atoms with Crippen molar-refractivity contribution in [3.63, 3.8) is 0 Å². The standard InChI is InChI=1S/C19H23N5O/c1-3-22-8-10-23(11-9-22)16-6-4-15(5-7-16)17-12-18(25)24-19(21-17)14(2)13-20-24/h4-7,12-13,21H,3,8-11H2,1-2H3. The van der Waals surface area contributed by atoms with Crippen molar-refractivity contribution in [2.24, 2.45) is 0 Å². The minimum Gasteiger partial charge on any atom is -0.369 e. The maximum Gasteiger partial charge on any atom is 0.274 e. The van der Waals surface area contributed by atoms with E-state index in [9.17, 15) is 4.79 Å². The number of anilines is 1. The molecule has 1 aliphatic heterocycles. The Labute approximate surface area is 146 Å². The molecule has 0 spiro atoms. The van der Waals surface area contributed by atoms with E-state index in [-0.39, 0.29) is 5.56 Å². The van der Waals surface area contributed by atoms with E-state index in [1.807, 2.05) is 6.92 Å². The Morgan fingerprint density at radius 3 is 2.52 bits per heavy atom. The highest BCUT2D eigenvalue weighted by atomic mass is 16.1. The molecule has 1 N–H and O–H groups in total. The van der Waals surface area contributed by atoms with Crippen molar-refractivity contribution < 1.29 is 0 Å². The zero-order valence-electron chi connectivity index (χ0n) is 14.7. The fourth-order valence-electron chi connectivity index (χ4n) is 3.43. The van der Waals surface area contributed by atoms with Crippen LogP contribution < -0.4 is 10.5 Å². The molecule has 6 nitrogen and oxygen atoms in total. The molecule has 1 aromatic carbocycles. The van der Waals surface area contributed by atoms with E-state index in [4.69, 9.17) is 0 Å². The summed E-state index contributed by atoms with van der Waals surface area (Å²) >= 11 is 0. The van der Waals surface area contributed by atoms with Crippen molar-refractivity contribution in [1.29, 1.82) is 0 Å².